The minimum atomic E-state index is -0.882. The van der Waals surface area contributed by atoms with E-state index in [4.69, 9.17) is 4.74 Å². The van der Waals surface area contributed by atoms with E-state index < -0.39 is 23.5 Å². The molecule has 1 unspecified atom stereocenters. The fraction of sp³-hybridized carbons (Fsp3) is 0.500. The SMILES string of the molecule is CCOC(=O)c1c2c(nc3c1C(=O)C(C)C3=O)CC(C)(C)CC2=O. The first-order valence-electron chi connectivity index (χ1n) is 8.03. The molecule has 2 aliphatic rings. The van der Waals surface area contributed by atoms with Crippen LogP contribution in [0.3, 0.4) is 0 Å². The van der Waals surface area contributed by atoms with Crippen molar-refractivity contribution in [2.24, 2.45) is 11.3 Å². The van der Waals surface area contributed by atoms with Crippen LogP contribution in [0.2, 0.25) is 0 Å². The van der Waals surface area contributed by atoms with E-state index in [1.165, 1.54) is 6.92 Å². The first-order valence-corrected chi connectivity index (χ1v) is 8.03. The van der Waals surface area contributed by atoms with Gasteiger partial charge >= 0.3 is 5.97 Å². The summed E-state index contributed by atoms with van der Waals surface area (Å²) in [6, 6.07) is 0. The van der Waals surface area contributed by atoms with Gasteiger partial charge in [0, 0.05) is 6.42 Å². The summed E-state index contributed by atoms with van der Waals surface area (Å²) in [6.45, 7) is 7.12. The number of esters is 1. The van der Waals surface area contributed by atoms with Gasteiger partial charge in [-0.1, -0.05) is 13.8 Å². The molecule has 0 aromatic carbocycles. The highest BCUT2D eigenvalue weighted by Gasteiger charge is 2.45. The van der Waals surface area contributed by atoms with E-state index in [1.807, 2.05) is 13.8 Å². The average Bonchev–Trinajstić information content (AvgIpc) is 2.69. The molecule has 0 bridgehead atoms. The first kappa shape index (κ1) is 16.5. The third kappa shape index (κ3) is 2.28. The van der Waals surface area contributed by atoms with Gasteiger partial charge in [0.1, 0.15) is 5.69 Å². The number of carbonyl (C=O) groups excluding carboxylic acids is 4. The van der Waals surface area contributed by atoms with Gasteiger partial charge in [-0.15, -0.1) is 0 Å². The van der Waals surface area contributed by atoms with Crippen molar-refractivity contribution in [3.05, 3.63) is 28.1 Å². The Labute approximate surface area is 139 Å². The summed E-state index contributed by atoms with van der Waals surface area (Å²) in [5.41, 5.74) is 0.141. The number of rotatable bonds is 2. The summed E-state index contributed by atoms with van der Waals surface area (Å²) in [5.74, 6) is -2.73. The Kier molecular flexibility index (Phi) is 3.66. The average molecular weight is 329 g/mol. The van der Waals surface area contributed by atoms with E-state index in [1.54, 1.807) is 6.92 Å². The number of Topliss-reactive ketones (excluding diaryl/α,β-unsaturated/α-hetero) is 3. The molecule has 3 rings (SSSR count). The number of hydrogen-bond acceptors (Lipinski definition) is 6. The Morgan fingerprint density at radius 1 is 1.17 bits per heavy atom. The lowest BCUT2D eigenvalue weighted by Gasteiger charge is -2.30. The van der Waals surface area contributed by atoms with Crippen molar-refractivity contribution in [1.82, 2.24) is 4.98 Å². The maximum absolute atomic E-state index is 12.7. The standard InChI is InChI=1S/C18H19NO5/c1-5-24-17(23)12-11-9(6-18(3,4)7-10(11)20)19-14-13(12)15(21)8(2)16(14)22/h8H,5-7H2,1-4H3. The van der Waals surface area contributed by atoms with Crippen LogP contribution in [-0.2, 0) is 11.2 Å². The lowest BCUT2D eigenvalue weighted by molar-refractivity contribution is 0.0517. The molecule has 1 aromatic rings. The van der Waals surface area contributed by atoms with Crippen molar-refractivity contribution in [2.75, 3.05) is 6.61 Å². The van der Waals surface area contributed by atoms with Crippen molar-refractivity contribution in [2.45, 2.75) is 40.5 Å². The summed E-state index contributed by atoms with van der Waals surface area (Å²) in [6.07, 6.45) is 0.716. The van der Waals surface area contributed by atoms with Crippen LogP contribution in [0.5, 0.6) is 0 Å². The zero-order valence-corrected chi connectivity index (χ0v) is 14.2. The largest absolute Gasteiger partial charge is 0.462 e. The number of nitrogens with zero attached hydrogens (tertiary/aromatic N) is 1. The molecule has 6 nitrogen and oxygen atoms in total. The van der Waals surface area contributed by atoms with E-state index in [-0.39, 0.29) is 46.6 Å². The molecule has 0 N–H and O–H groups in total. The fourth-order valence-electron chi connectivity index (χ4n) is 3.47. The third-order valence-corrected chi connectivity index (χ3v) is 4.58. The number of carbonyl (C=O) groups is 4. The molecule has 0 saturated heterocycles. The zero-order chi connectivity index (χ0) is 17.8. The first-order chi connectivity index (χ1) is 11.2. The molecule has 6 heteroatoms. The normalized spacial score (nSPS) is 21.5. The molecule has 1 atom stereocenters. The molecule has 0 amide bonds. The predicted octanol–water partition coefficient (Wildman–Crippen LogP) is 2.43. The van der Waals surface area contributed by atoms with Gasteiger partial charge < -0.3 is 4.74 Å². The molecule has 0 aliphatic heterocycles. The molecule has 126 valence electrons. The molecular formula is C18H19NO5. The summed E-state index contributed by atoms with van der Waals surface area (Å²) in [5, 5.41) is 0. The number of ketones is 3. The number of ether oxygens (including phenoxy) is 1. The van der Waals surface area contributed by atoms with E-state index >= 15 is 0 Å². The summed E-state index contributed by atoms with van der Waals surface area (Å²) in [7, 11) is 0. The molecule has 0 radical (unpaired) electrons. The van der Waals surface area contributed by atoms with Gasteiger partial charge in [0.2, 0.25) is 0 Å². The predicted molar refractivity (Wildman–Crippen MR) is 84.5 cm³/mol. The second-order valence-electron chi connectivity index (χ2n) is 7.14. The van der Waals surface area contributed by atoms with E-state index in [0.29, 0.717) is 12.1 Å². The molecular weight excluding hydrogens is 310 g/mol. The molecule has 24 heavy (non-hydrogen) atoms. The summed E-state index contributed by atoms with van der Waals surface area (Å²) in [4.78, 5) is 54.3. The fourth-order valence-corrected chi connectivity index (χ4v) is 3.47. The summed E-state index contributed by atoms with van der Waals surface area (Å²) >= 11 is 0. The van der Waals surface area contributed by atoms with Crippen LogP contribution >= 0.6 is 0 Å². The van der Waals surface area contributed by atoms with Gasteiger partial charge in [-0.3, -0.25) is 14.4 Å². The van der Waals surface area contributed by atoms with Gasteiger partial charge in [-0.05, 0) is 25.7 Å². The summed E-state index contributed by atoms with van der Waals surface area (Å²) < 4.78 is 5.06. The van der Waals surface area contributed by atoms with E-state index in [2.05, 4.69) is 4.98 Å². The van der Waals surface area contributed by atoms with Gasteiger partial charge in [0.05, 0.1) is 34.9 Å². The van der Waals surface area contributed by atoms with Gasteiger partial charge in [-0.2, -0.15) is 0 Å². The topological polar surface area (TPSA) is 90.4 Å². The van der Waals surface area contributed by atoms with Crippen molar-refractivity contribution < 1.29 is 23.9 Å². The molecule has 1 heterocycles. The van der Waals surface area contributed by atoms with Crippen LogP contribution in [0.15, 0.2) is 0 Å². The minimum absolute atomic E-state index is 0.000182. The van der Waals surface area contributed by atoms with Crippen LogP contribution in [0, 0.1) is 11.3 Å². The monoisotopic (exact) mass is 329 g/mol. The number of fused-ring (bicyclic) bond motifs is 2. The van der Waals surface area contributed by atoms with Gasteiger partial charge in [-0.25, -0.2) is 9.78 Å². The lowest BCUT2D eigenvalue weighted by atomic mass is 9.74. The minimum Gasteiger partial charge on any atom is -0.462 e. The van der Waals surface area contributed by atoms with Gasteiger partial charge in [0.15, 0.2) is 17.3 Å². The Morgan fingerprint density at radius 2 is 1.83 bits per heavy atom. The molecule has 0 saturated carbocycles. The highest BCUT2D eigenvalue weighted by atomic mass is 16.5. The molecule has 0 fully saturated rings. The Hall–Kier alpha value is -2.37. The number of aromatic nitrogens is 1. The van der Waals surface area contributed by atoms with Crippen LogP contribution in [0.25, 0.3) is 0 Å². The van der Waals surface area contributed by atoms with Gasteiger partial charge in [0.25, 0.3) is 0 Å². The van der Waals surface area contributed by atoms with Crippen molar-refractivity contribution in [1.29, 1.82) is 0 Å². The Bertz CT molecular complexity index is 806. The Morgan fingerprint density at radius 3 is 2.46 bits per heavy atom. The van der Waals surface area contributed by atoms with Crippen LogP contribution in [0.1, 0.15) is 81.4 Å². The van der Waals surface area contributed by atoms with Crippen LogP contribution in [0.4, 0.5) is 0 Å². The molecule has 2 aliphatic carbocycles. The van der Waals surface area contributed by atoms with Crippen molar-refractivity contribution >= 4 is 23.3 Å². The van der Waals surface area contributed by atoms with Crippen LogP contribution in [-0.4, -0.2) is 34.9 Å². The number of pyridine rings is 1. The van der Waals surface area contributed by atoms with Crippen LogP contribution < -0.4 is 0 Å². The van der Waals surface area contributed by atoms with Crippen molar-refractivity contribution in [3.63, 3.8) is 0 Å². The van der Waals surface area contributed by atoms with Crippen molar-refractivity contribution in [3.8, 4) is 0 Å². The smallest absolute Gasteiger partial charge is 0.339 e. The second-order valence-corrected chi connectivity index (χ2v) is 7.14. The maximum Gasteiger partial charge on any atom is 0.339 e. The third-order valence-electron chi connectivity index (χ3n) is 4.58. The van der Waals surface area contributed by atoms with E-state index in [0.717, 1.165) is 0 Å². The quantitative estimate of drug-likeness (QED) is 0.611. The maximum atomic E-state index is 12.7. The highest BCUT2D eigenvalue weighted by Crippen LogP contribution is 2.39. The second kappa shape index (κ2) is 5.33. The number of hydrogen-bond donors (Lipinski definition) is 0. The Balaban J connectivity index is 2.34. The highest BCUT2D eigenvalue weighted by molar-refractivity contribution is 6.29. The lowest BCUT2D eigenvalue weighted by Crippen LogP contribution is -2.31. The van der Waals surface area contributed by atoms with E-state index in [9.17, 15) is 19.2 Å². The molecule has 0 spiro atoms. The zero-order valence-electron chi connectivity index (χ0n) is 14.2. The molecule has 1 aromatic heterocycles.